The second-order valence-electron chi connectivity index (χ2n) is 21.6. The van der Waals surface area contributed by atoms with Crippen molar-refractivity contribution in [1.29, 1.82) is 0 Å². The van der Waals surface area contributed by atoms with Crippen LogP contribution in [0.3, 0.4) is 0 Å². The van der Waals surface area contributed by atoms with E-state index in [9.17, 15) is 28.9 Å². The van der Waals surface area contributed by atoms with Crippen LogP contribution in [0, 0.1) is 0 Å². The number of carbonyl (C=O) groups excluding carboxylic acids is 3. The molecule has 0 aromatic heterocycles. The highest BCUT2D eigenvalue weighted by molar-refractivity contribution is 7.47. The molecule has 0 amide bonds. The van der Waals surface area contributed by atoms with Crippen molar-refractivity contribution in [2.45, 2.75) is 315 Å². The number of hydrogen-bond donors (Lipinski definition) is 2. The zero-order chi connectivity index (χ0) is 56.9. The lowest BCUT2D eigenvalue weighted by Crippen LogP contribution is -2.30. The molecule has 0 spiro atoms. The van der Waals surface area contributed by atoms with Gasteiger partial charge in [-0.1, -0.05) is 261 Å². The number of aliphatic hydroxyl groups is 1. The smallest absolute Gasteiger partial charge is 0.462 e. The van der Waals surface area contributed by atoms with Gasteiger partial charge < -0.3 is 24.2 Å². The molecule has 0 aliphatic rings. The van der Waals surface area contributed by atoms with Gasteiger partial charge in [-0.05, 0) is 83.5 Å². The Morgan fingerprint density at radius 1 is 0.372 bits per heavy atom. The first-order valence-electron chi connectivity index (χ1n) is 32.2. The van der Waals surface area contributed by atoms with Gasteiger partial charge in [0.2, 0.25) is 0 Å². The molecule has 0 saturated carbocycles. The van der Waals surface area contributed by atoms with Crippen molar-refractivity contribution in [3.8, 4) is 0 Å². The van der Waals surface area contributed by atoms with E-state index in [1.54, 1.807) is 0 Å². The van der Waals surface area contributed by atoms with Crippen LogP contribution in [0.5, 0.6) is 0 Å². The molecule has 3 unspecified atom stereocenters. The molecule has 11 nitrogen and oxygen atoms in total. The number of ether oxygens (including phenoxy) is 3. The number of carbonyl (C=O) groups is 3. The minimum atomic E-state index is -4.76. The lowest BCUT2D eigenvalue weighted by molar-refractivity contribution is -0.161. The third kappa shape index (κ3) is 57.9. The number of rotatable bonds is 60. The molecule has 3 atom stereocenters. The Morgan fingerprint density at radius 3 is 1.05 bits per heavy atom. The number of allylic oxidation sites excluding steroid dienone is 10. The average Bonchev–Trinajstić information content (AvgIpc) is 3.43. The van der Waals surface area contributed by atoms with E-state index in [0.29, 0.717) is 19.3 Å². The average molecular weight is 1120 g/mol. The molecule has 12 heteroatoms. The molecule has 0 saturated heterocycles. The summed E-state index contributed by atoms with van der Waals surface area (Å²) >= 11 is 0. The van der Waals surface area contributed by atoms with Crippen LogP contribution in [0.15, 0.2) is 60.8 Å². The molecule has 0 bridgehead atoms. The summed E-state index contributed by atoms with van der Waals surface area (Å²) in [6, 6.07) is 0. The maximum absolute atomic E-state index is 12.9. The predicted octanol–water partition coefficient (Wildman–Crippen LogP) is 19.5. The zero-order valence-corrected chi connectivity index (χ0v) is 51.3. The quantitative estimate of drug-likeness (QED) is 0.0197. The zero-order valence-electron chi connectivity index (χ0n) is 50.4. The lowest BCUT2D eigenvalue weighted by Gasteiger charge is -2.21. The third-order valence-electron chi connectivity index (χ3n) is 13.9. The molecule has 0 heterocycles. The van der Waals surface area contributed by atoms with Gasteiger partial charge in [-0.2, -0.15) is 0 Å². The molecule has 0 aliphatic carbocycles. The maximum Gasteiger partial charge on any atom is 0.472 e. The second kappa shape index (κ2) is 60.3. The van der Waals surface area contributed by atoms with Gasteiger partial charge in [-0.15, -0.1) is 0 Å². The Kier molecular flexibility index (Phi) is 58.1. The summed E-state index contributed by atoms with van der Waals surface area (Å²) in [5.41, 5.74) is 0. The molecule has 0 aromatic rings. The fraction of sp³-hybridized carbons (Fsp3) is 0.803. The van der Waals surface area contributed by atoms with Crippen molar-refractivity contribution in [3.63, 3.8) is 0 Å². The van der Waals surface area contributed by atoms with Crippen molar-refractivity contribution < 1.29 is 52.2 Å². The maximum atomic E-state index is 12.9. The number of phosphoric acid groups is 1. The fourth-order valence-corrected chi connectivity index (χ4v) is 9.83. The van der Waals surface area contributed by atoms with Gasteiger partial charge in [0.25, 0.3) is 0 Å². The summed E-state index contributed by atoms with van der Waals surface area (Å²) in [5, 5.41) is 9.86. The SMILES string of the molecule is CC/C=C\C/C=C\C/C=C\C/C=C\CCCCCCCCC(=O)OC(COC(=O)CCCCCCC/C=C\CCCCCC)COP(=O)(O)OCC(CO)OC(=O)CCCCCCCCCCCCCCCCCCCCC. The second-order valence-corrected chi connectivity index (χ2v) is 23.0. The number of hydrogen-bond acceptors (Lipinski definition) is 10. The molecule has 78 heavy (non-hydrogen) atoms. The first-order valence-corrected chi connectivity index (χ1v) is 33.7. The summed E-state index contributed by atoms with van der Waals surface area (Å²) < 4.78 is 39.7. The molecule has 0 radical (unpaired) electrons. The molecule has 2 N–H and O–H groups in total. The van der Waals surface area contributed by atoms with Crippen molar-refractivity contribution in [2.24, 2.45) is 0 Å². The van der Waals surface area contributed by atoms with Gasteiger partial charge >= 0.3 is 25.7 Å². The van der Waals surface area contributed by atoms with E-state index in [-0.39, 0.29) is 25.9 Å². The van der Waals surface area contributed by atoms with Crippen LogP contribution in [0.4, 0.5) is 0 Å². The van der Waals surface area contributed by atoms with Gasteiger partial charge in [-0.3, -0.25) is 23.4 Å². The molecule has 0 fully saturated rings. The molecule has 0 aromatic carbocycles. The Morgan fingerprint density at radius 2 is 0.667 bits per heavy atom. The fourth-order valence-electron chi connectivity index (χ4n) is 9.05. The van der Waals surface area contributed by atoms with Crippen molar-refractivity contribution in [1.82, 2.24) is 0 Å². The van der Waals surface area contributed by atoms with E-state index >= 15 is 0 Å². The van der Waals surface area contributed by atoms with Crippen LogP contribution in [0.2, 0.25) is 0 Å². The minimum Gasteiger partial charge on any atom is -0.462 e. The Labute approximate surface area is 478 Å². The highest BCUT2D eigenvalue weighted by atomic mass is 31.2. The molecule has 0 rings (SSSR count). The van der Waals surface area contributed by atoms with Crippen LogP contribution in [-0.2, 0) is 42.2 Å². The summed E-state index contributed by atoms with van der Waals surface area (Å²) in [7, 11) is -4.76. The van der Waals surface area contributed by atoms with Crippen LogP contribution in [0.25, 0.3) is 0 Å². The van der Waals surface area contributed by atoms with E-state index in [2.05, 4.69) is 81.5 Å². The van der Waals surface area contributed by atoms with Crippen molar-refractivity contribution in [3.05, 3.63) is 60.8 Å². The number of phosphoric ester groups is 1. The Balaban J connectivity index is 4.65. The standard InChI is InChI=1S/C66H119O11P/c1-4-7-10-13-16-19-22-25-27-29-31-33-35-38-41-44-47-50-53-56-65(69)76-62(58-67)60-74-78(71,72)75-61-63(59-73-64(68)55-52-49-46-43-40-37-24-21-18-15-12-9-6-3)77-66(70)57-54-51-48-45-42-39-36-34-32-30-28-26-23-20-17-14-11-8-5-2/h8,11,17,20-21,24,26,28,32,34,62-63,67H,4-7,9-10,12-16,18-19,22-23,25,27,29-31,33,35-61H2,1-3H3,(H,71,72)/b11-8-,20-17-,24-21-,28-26-,34-32-. The highest BCUT2D eigenvalue weighted by Crippen LogP contribution is 2.43. The van der Waals surface area contributed by atoms with Crippen LogP contribution < -0.4 is 0 Å². The number of esters is 3. The van der Waals surface area contributed by atoms with E-state index in [1.165, 1.54) is 122 Å². The topological polar surface area (TPSA) is 155 Å². The van der Waals surface area contributed by atoms with Crippen LogP contribution in [-0.4, -0.2) is 66.5 Å². The van der Waals surface area contributed by atoms with E-state index in [4.69, 9.17) is 23.3 Å². The van der Waals surface area contributed by atoms with Gasteiger partial charge in [0.15, 0.2) is 6.10 Å². The van der Waals surface area contributed by atoms with Gasteiger partial charge in [0, 0.05) is 19.3 Å². The van der Waals surface area contributed by atoms with E-state index in [0.717, 1.165) is 122 Å². The first-order chi connectivity index (χ1) is 38.2. The van der Waals surface area contributed by atoms with Crippen LogP contribution >= 0.6 is 7.82 Å². The number of unbranched alkanes of at least 4 members (excludes halogenated alkanes) is 33. The Hall–Kier alpha value is -2.82. The number of aliphatic hydroxyl groups excluding tert-OH is 1. The summed E-state index contributed by atoms with van der Waals surface area (Å²) in [5.74, 6) is -1.47. The van der Waals surface area contributed by atoms with Gasteiger partial charge in [-0.25, -0.2) is 4.57 Å². The van der Waals surface area contributed by atoms with E-state index < -0.39 is 57.8 Å². The molecular weight excluding hydrogens is 1000 g/mol. The largest absolute Gasteiger partial charge is 0.472 e. The minimum absolute atomic E-state index is 0.150. The van der Waals surface area contributed by atoms with Crippen LogP contribution in [0.1, 0.15) is 303 Å². The van der Waals surface area contributed by atoms with Gasteiger partial charge in [0.05, 0.1) is 19.8 Å². The van der Waals surface area contributed by atoms with Gasteiger partial charge in [0.1, 0.15) is 12.7 Å². The normalized spacial score (nSPS) is 13.7. The molecule has 0 aliphatic heterocycles. The predicted molar refractivity (Wildman–Crippen MR) is 325 cm³/mol. The van der Waals surface area contributed by atoms with Crippen molar-refractivity contribution >= 4 is 25.7 Å². The highest BCUT2D eigenvalue weighted by Gasteiger charge is 2.28. The Bertz CT molecular complexity index is 1540. The lowest BCUT2D eigenvalue weighted by atomic mass is 10.0. The van der Waals surface area contributed by atoms with E-state index in [1.807, 2.05) is 0 Å². The summed E-state index contributed by atoms with van der Waals surface area (Å²) in [6.45, 7) is 4.55. The summed E-state index contributed by atoms with van der Waals surface area (Å²) in [4.78, 5) is 48.7. The monoisotopic (exact) mass is 1120 g/mol. The molecular formula is C66H119O11P. The molecule has 454 valence electrons. The van der Waals surface area contributed by atoms with Crippen molar-refractivity contribution in [2.75, 3.05) is 26.4 Å². The summed E-state index contributed by atoms with van der Waals surface area (Å²) in [6.07, 6.45) is 67.4. The third-order valence-corrected chi connectivity index (χ3v) is 14.9. The first kappa shape index (κ1) is 75.2.